The van der Waals surface area contributed by atoms with Crippen LogP contribution in [0.4, 0.5) is 13.2 Å². The summed E-state index contributed by atoms with van der Waals surface area (Å²) in [5.41, 5.74) is 0.984. The molecule has 0 fully saturated rings. The van der Waals surface area contributed by atoms with Gasteiger partial charge in [0.1, 0.15) is 0 Å². The summed E-state index contributed by atoms with van der Waals surface area (Å²) >= 11 is 0. The number of aromatic nitrogens is 1. The summed E-state index contributed by atoms with van der Waals surface area (Å²) in [6.07, 6.45) is -2.44. The molecular weight excluding hydrogens is 307 g/mol. The van der Waals surface area contributed by atoms with Crippen LogP contribution in [0.25, 0.3) is 10.8 Å². The number of hydrogen-bond acceptors (Lipinski definition) is 4. The van der Waals surface area contributed by atoms with Gasteiger partial charge in [-0.1, -0.05) is 18.2 Å². The fraction of sp³-hybridized carbons (Fsp3) is 0.438. The Kier molecular flexibility index (Phi) is 5.79. The third-order valence-electron chi connectivity index (χ3n) is 3.53. The van der Waals surface area contributed by atoms with Crippen molar-refractivity contribution in [3.05, 3.63) is 36.0 Å². The largest absolute Gasteiger partial charge is 0.481 e. The van der Waals surface area contributed by atoms with Crippen LogP contribution in [-0.2, 0) is 0 Å². The van der Waals surface area contributed by atoms with Gasteiger partial charge >= 0.3 is 6.18 Å². The molecule has 0 radical (unpaired) electrons. The van der Waals surface area contributed by atoms with Gasteiger partial charge in [-0.3, -0.25) is 0 Å². The van der Waals surface area contributed by atoms with Gasteiger partial charge in [-0.15, -0.1) is 0 Å². The van der Waals surface area contributed by atoms with Gasteiger partial charge in [-0.05, 0) is 23.9 Å². The quantitative estimate of drug-likeness (QED) is 0.768. The molecule has 126 valence electrons. The number of halogens is 3. The minimum absolute atomic E-state index is 0.0361. The molecule has 2 aromatic rings. The summed E-state index contributed by atoms with van der Waals surface area (Å²) in [6.45, 7) is 1.65. The lowest BCUT2D eigenvalue weighted by Crippen LogP contribution is -2.35. The number of methoxy groups -OCH3 is 1. The first kappa shape index (κ1) is 17.5. The maximum Gasteiger partial charge on any atom is 0.401 e. The van der Waals surface area contributed by atoms with E-state index in [1.54, 1.807) is 13.3 Å². The SMILES string of the molecule is COc1ncc(C(C)NCCNCC(F)(F)F)c2ccccc12. The molecule has 0 saturated carbocycles. The van der Waals surface area contributed by atoms with Crippen molar-refractivity contribution in [3.8, 4) is 5.88 Å². The number of pyridine rings is 1. The van der Waals surface area contributed by atoms with Crippen molar-refractivity contribution in [2.75, 3.05) is 26.7 Å². The van der Waals surface area contributed by atoms with Crippen LogP contribution in [0.2, 0.25) is 0 Å². The standard InChI is InChI=1S/C16H20F3N3O/c1-11(21-8-7-20-10-16(17,18)19)14-9-22-15(23-2)13-6-4-3-5-12(13)14/h3-6,9,11,20-21H,7-8,10H2,1-2H3. The van der Waals surface area contributed by atoms with Crippen LogP contribution in [-0.4, -0.2) is 37.9 Å². The van der Waals surface area contributed by atoms with Gasteiger partial charge in [0, 0.05) is 30.7 Å². The molecule has 23 heavy (non-hydrogen) atoms. The zero-order valence-corrected chi connectivity index (χ0v) is 13.1. The minimum Gasteiger partial charge on any atom is -0.481 e. The first-order valence-electron chi connectivity index (χ1n) is 7.35. The molecule has 1 aromatic heterocycles. The summed E-state index contributed by atoms with van der Waals surface area (Å²) < 4.78 is 41.4. The topological polar surface area (TPSA) is 46.2 Å². The summed E-state index contributed by atoms with van der Waals surface area (Å²) in [5.74, 6) is 0.559. The first-order chi connectivity index (χ1) is 10.9. The maximum atomic E-state index is 12.0. The Morgan fingerprint density at radius 2 is 1.87 bits per heavy atom. The van der Waals surface area contributed by atoms with Gasteiger partial charge in [-0.25, -0.2) is 4.98 Å². The fourth-order valence-corrected chi connectivity index (χ4v) is 2.41. The van der Waals surface area contributed by atoms with E-state index >= 15 is 0 Å². The van der Waals surface area contributed by atoms with Crippen LogP contribution in [0.5, 0.6) is 5.88 Å². The lowest BCUT2D eigenvalue weighted by Gasteiger charge is -2.17. The van der Waals surface area contributed by atoms with Gasteiger partial charge in [0.2, 0.25) is 5.88 Å². The molecule has 0 amide bonds. The van der Waals surface area contributed by atoms with E-state index in [0.29, 0.717) is 12.4 Å². The smallest absolute Gasteiger partial charge is 0.401 e. The van der Waals surface area contributed by atoms with E-state index in [9.17, 15) is 13.2 Å². The molecule has 0 aliphatic rings. The van der Waals surface area contributed by atoms with E-state index in [1.165, 1.54) is 0 Å². The lowest BCUT2D eigenvalue weighted by atomic mass is 10.0. The van der Waals surface area contributed by atoms with Crippen molar-refractivity contribution in [3.63, 3.8) is 0 Å². The van der Waals surface area contributed by atoms with Crippen molar-refractivity contribution in [1.82, 2.24) is 15.6 Å². The van der Waals surface area contributed by atoms with Crippen molar-refractivity contribution in [1.29, 1.82) is 0 Å². The highest BCUT2D eigenvalue weighted by molar-refractivity contribution is 5.89. The number of rotatable bonds is 7. The zero-order chi connectivity index (χ0) is 16.9. The van der Waals surface area contributed by atoms with E-state index < -0.39 is 12.7 Å². The minimum atomic E-state index is -4.18. The molecule has 1 atom stereocenters. The van der Waals surface area contributed by atoms with E-state index in [-0.39, 0.29) is 12.6 Å². The molecule has 0 saturated heterocycles. The predicted molar refractivity (Wildman–Crippen MR) is 83.6 cm³/mol. The third kappa shape index (κ3) is 4.80. The van der Waals surface area contributed by atoms with E-state index in [4.69, 9.17) is 4.74 Å². The molecule has 0 bridgehead atoms. The van der Waals surface area contributed by atoms with Crippen LogP contribution < -0.4 is 15.4 Å². The summed E-state index contributed by atoms with van der Waals surface area (Å²) in [4.78, 5) is 4.30. The summed E-state index contributed by atoms with van der Waals surface area (Å²) in [7, 11) is 1.57. The molecule has 2 rings (SSSR count). The molecule has 0 spiro atoms. The molecule has 1 unspecified atom stereocenters. The number of ether oxygens (including phenoxy) is 1. The number of alkyl halides is 3. The molecule has 7 heteroatoms. The second-order valence-corrected chi connectivity index (χ2v) is 5.24. The zero-order valence-electron chi connectivity index (χ0n) is 13.1. The predicted octanol–water partition coefficient (Wildman–Crippen LogP) is 3.05. The number of hydrogen-bond donors (Lipinski definition) is 2. The monoisotopic (exact) mass is 327 g/mol. The number of nitrogens with one attached hydrogen (secondary N) is 2. The Morgan fingerprint density at radius 3 is 2.52 bits per heavy atom. The normalized spacial score (nSPS) is 13.3. The van der Waals surface area contributed by atoms with Crippen molar-refractivity contribution >= 4 is 10.8 Å². The van der Waals surface area contributed by atoms with Gasteiger partial charge in [0.05, 0.1) is 13.7 Å². The Bertz CT molecular complexity index is 646. The Morgan fingerprint density at radius 1 is 1.17 bits per heavy atom. The highest BCUT2D eigenvalue weighted by atomic mass is 19.4. The number of nitrogens with zero attached hydrogens (tertiary/aromatic N) is 1. The van der Waals surface area contributed by atoms with E-state index in [0.717, 1.165) is 16.3 Å². The summed E-state index contributed by atoms with van der Waals surface area (Å²) in [6, 6.07) is 7.72. The first-order valence-corrected chi connectivity index (χ1v) is 7.35. The van der Waals surface area contributed by atoms with Crippen LogP contribution in [0, 0.1) is 0 Å². The highest BCUT2D eigenvalue weighted by Crippen LogP contribution is 2.29. The molecule has 2 N–H and O–H groups in total. The molecule has 1 heterocycles. The van der Waals surface area contributed by atoms with E-state index in [2.05, 4.69) is 15.6 Å². The second kappa shape index (κ2) is 7.61. The Balaban J connectivity index is 2.00. The van der Waals surface area contributed by atoms with Crippen LogP contribution in [0.1, 0.15) is 18.5 Å². The summed E-state index contributed by atoms with van der Waals surface area (Å²) in [5, 5.41) is 7.50. The Hall–Kier alpha value is -1.86. The molecule has 4 nitrogen and oxygen atoms in total. The molecule has 1 aromatic carbocycles. The fourth-order valence-electron chi connectivity index (χ4n) is 2.41. The molecule has 0 aliphatic carbocycles. The molecule has 0 aliphatic heterocycles. The number of benzene rings is 1. The van der Waals surface area contributed by atoms with Crippen LogP contribution in [0.15, 0.2) is 30.5 Å². The van der Waals surface area contributed by atoms with Gasteiger partial charge in [-0.2, -0.15) is 13.2 Å². The molecular formula is C16H20F3N3O. The second-order valence-electron chi connectivity index (χ2n) is 5.24. The third-order valence-corrected chi connectivity index (χ3v) is 3.53. The van der Waals surface area contributed by atoms with Crippen molar-refractivity contribution in [2.45, 2.75) is 19.1 Å². The average molecular weight is 327 g/mol. The Labute approximate surface area is 133 Å². The van der Waals surface area contributed by atoms with Crippen molar-refractivity contribution < 1.29 is 17.9 Å². The van der Waals surface area contributed by atoms with Crippen molar-refractivity contribution in [2.24, 2.45) is 0 Å². The van der Waals surface area contributed by atoms with Gasteiger partial charge < -0.3 is 15.4 Å². The van der Waals surface area contributed by atoms with Crippen LogP contribution >= 0.6 is 0 Å². The maximum absolute atomic E-state index is 12.0. The highest BCUT2D eigenvalue weighted by Gasteiger charge is 2.25. The van der Waals surface area contributed by atoms with Crippen LogP contribution in [0.3, 0.4) is 0 Å². The van der Waals surface area contributed by atoms with E-state index in [1.807, 2.05) is 31.2 Å². The lowest BCUT2D eigenvalue weighted by molar-refractivity contribution is -0.124. The number of fused-ring (bicyclic) bond motifs is 1. The van der Waals surface area contributed by atoms with Gasteiger partial charge in [0.15, 0.2) is 0 Å². The average Bonchev–Trinajstić information content (AvgIpc) is 2.52. The van der Waals surface area contributed by atoms with Gasteiger partial charge in [0.25, 0.3) is 0 Å².